The molecule has 0 radical (unpaired) electrons. The highest BCUT2D eigenvalue weighted by molar-refractivity contribution is 6.35. The molecule has 0 aliphatic carbocycles. The lowest BCUT2D eigenvalue weighted by Crippen LogP contribution is -2.36. The molecule has 0 atom stereocenters. The molecule has 0 bridgehead atoms. The fraction of sp³-hybridized carbons (Fsp3) is 0.294. The first kappa shape index (κ1) is 16.9. The van der Waals surface area contributed by atoms with Gasteiger partial charge in [-0.2, -0.15) is 0 Å². The van der Waals surface area contributed by atoms with Gasteiger partial charge in [-0.05, 0) is 36.6 Å². The van der Waals surface area contributed by atoms with Crippen LogP contribution in [0.5, 0.6) is 0 Å². The number of carbonyl (C=O) groups is 2. The third-order valence-corrected chi connectivity index (χ3v) is 4.67. The normalized spacial score (nSPS) is 13.7. The first-order valence-electron chi connectivity index (χ1n) is 7.41. The minimum absolute atomic E-state index is 0.179. The van der Waals surface area contributed by atoms with Crippen LogP contribution in [0.4, 0.5) is 0 Å². The first-order chi connectivity index (χ1) is 11.4. The monoisotopic (exact) mass is 367 g/mol. The Morgan fingerprint density at radius 2 is 2.08 bits per heavy atom. The summed E-state index contributed by atoms with van der Waals surface area (Å²) in [5, 5.41) is 10.1. The maximum Gasteiger partial charge on any atom is 0.311 e. The van der Waals surface area contributed by atoms with Crippen molar-refractivity contribution in [2.24, 2.45) is 0 Å². The predicted octanol–water partition coefficient (Wildman–Crippen LogP) is 3.72. The molecule has 1 N–H and O–H groups in total. The van der Waals surface area contributed by atoms with Crippen molar-refractivity contribution in [3.05, 3.63) is 56.5 Å². The van der Waals surface area contributed by atoms with Crippen molar-refractivity contribution in [1.82, 2.24) is 4.90 Å². The summed E-state index contributed by atoms with van der Waals surface area (Å²) in [5.74, 6) is -1.10. The average molecular weight is 368 g/mol. The Hall–Kier alpha value is -1.98. The number of aryl methyl sites for hydroxylation is 1. The summed E-state index contributed by atoms with van der Waals surface area (Å²) in [6, 6.07) is 3.53. The van der Waals surface area contributed by atoms with Crippen LogP contribution in [-0.2, 0) is 24.2 Å². The van der Waals surface area contributed by atoms with Crippen LogP contribution in [0.15, 0.2) is 22.8 Å². The van der Waals surface area contributed by atoms with Crippen molar-refractivity contribution in [2.75, 3.05) is 6.54 Å². The molecule has 1 aliphatic rings. The number of hydrogen-bond donors (Lipinski definition) is 1. The predicted molar refractivity (Wildman–Crippen MR) is 89.7 cm³/mol. The molecule has 24 heavy (non-hydrogen) atoms. The van der Waals surface area contributed by atoms with Crippen LogP contribution in [0.25, 0.3) is 0 Å². The highest BCUT2D eigenvalue weighted by atomic mass is 35.5. The number of furan rings is 1. The van der Waals surface area contributed by atoms with Crippen LogP contribution in [0.3, 0.4) is 0 Å². The fourth-order valence-corrected chi connectivity index (χ4v) is 3.56. The van der Waals surface area contributed by atoms with Crippen LogP contribution >= 0.6 is 23.2 Å². The van der Waals surface area contributed by atoms with E-state index >= 15 is 0 Å². The van der Waals surface area contributed by atoms with Crippen molar-refractivity contribution >= 4 is 35.1 Å². The molecule has 5 nitrogen and oxygen atoms in total. The van der Waals surface area contributed by atoms with Gasteiger partial charge in [0.15, 0.2) is 0 Å². The number of carbonyl (C=O) groups excluding carboxylic acids is 1. The van der Waals surface area contributed by atoms with E-state index in [0.717, 1.165) is 11.1 Å². The second kappa shape index (κ2) is 6.49. The van der Waals surface area contributed by atoms with Gasteiger partial charge in [0.1, 0.15) is 12.2 Å². The Morgan fingerprint density at radius 3 is 2.79 bits per heavy atom. The van der Waals surface area contributed by atoms with E-state index < -0.39 is 5.97 Å². The van der Waals surface area contributed by atoms with E-state index in [2.05, 4.69) is 0 Å². The molecule has 0 unspecified atom stereocenters. The van der Waals surface area contributed by atoms with Crippen molar-refractivity contribution in [3.63, 3.8) is 0 Å². The summed E-state index contributed by atoms with van der Waals surface area (Å²) in [4.78, 5) is 25.5. The van der Waals surface area contributed by atoms with Gasteiger partial charge >= 0.3 is 5.97 Å². The third kappa shape index (κ3) is 3.14. The second-order valence-electron chi connectivity index (χ2n) is 5.79. The minimum Gasteiger partial charge on any atom is -0.481 e. The topological polar surface area (TPSA) is 70.7 Å². The van der Waals surface area contributed by atoms with E-state index in [-0.39, 0.29) is 18.1 Å². The Balaban J connectivity index is 1.90. The summed E-state index contributed by atoms with van der Waals surface area (Å²) in [6.45, 7) is 2.60. The zero-order chi connectivity index (χ0) is 17.4. The number of amides is 1. The summed E-state index contributed by atoms with van der Waals surface area (Å²) in [7, 11) is 0. The van der Waals surface area contributed by atoms with E-state index in [4.69, 9.17) is 32.7 Å². The maximum atomic E-state index is 12.9. The minimum atomic E-state index is -1.04. The van der Waals surface area contributed by atoms with Gasteiger partial charge in [-0.1, -0.05) is 23.2 Å². The molecule has 7 heteroatoms. The zero-order valence-electron chi connectivity index (χ0n) is 12.9. The van der Waals surface area contributed by atoms with E-state index in [9.17, 15) is 9.59 Å². The van der Waals surface area contributed by atoms with Crippen molar-refractivity contribution in [1.29, 1.82) is 0 Å². The van der Waals surface area contributed by atoms with Gasteiger partial charge in [0, 0.05) is 28.7 Å². The number of nitrogens with zero attached hydrogens (tertiary/aromatic N) is 1. The number of fused-ring (bicyclic) bond motifs is 1. The Labute approximate surface area is 148 Å². The Bertz CT molecular complexity index is 828. The SMILES string of the molecule is Cc1coc(CC(=O)O)c1C(=O)N1CCc2cc(Cl)cc(Cl)c2C1. The van der Waals surface area contributed by atoms with Crippen molar-refractivity contribution < 1.29 is 19.1 Å². The molecular formula is C17H15Cl2NO4. The van der Waals surface area contributed by atoms with Gasteiger partial charge in [-0.3, -0.25) is 9.59 Å². The van der Waals surface area contributed by atoms with Crippen LogP contribution < -0.4 is 0 Å². The highest BCUT2D eigenvalue weighted by Gasteiger charge is 2.28. The lowest BCUT2D eigenvalue weighted by molar-refractivity contribution is -0.136. The maximum absolute atomic E-state index is 12.9. The molecule has 1 aliphatic heterocycles. The molecule has 3 rings (SSSR count). The largest absolute Gasteiger partial charge is 0.481 e. The molecule has 0 saturated heterocycles. The molecular weight excluding hydrogens is 353 g/mol. The summed E-state index contributed by atoms with van der Waals surface area (Å²) >= 11 is 12.3. The van der Waals surface area contributed by atoms with Crippen molar-refractivity contribution in [2.45, 2.75) is 26.3 Å². The summed E-state index contributed by atoms with van der Waals surface area (Å²) in [6.07, 6.45) is 1.73. The number of benzene rings is 1. The van der Waals surface area contributed by atoms with E-state index in [1.807, 2.05) is 6.07 Å². The second-order valence-corrected chi connectivity index (χ2v) is 6.63. The standard InChI is InChI=1S/C17H15Cl2NO4/c1-9-8-24-14(6-15(21)22)16(9)17(23)20-3-2-10-4-11(18)5-13(19)12(10)7-20/h4-5,8H,2-3,6-7H2,1H3,(H,21,22). The average Bonchev–Trinajstić information content (AvgIpc) is 2.86. The number of hydrogen-bond acceptors (Lipinski definition) is 3. The molecule has 126 valence electrons. The molecule has 2 heterocycles. The lowest BCUT2D eigenvalue weighted by atomic mass is 9.98. The number of carboxylic acid groups (broad SMARTS) is 1. The lowest BCUT2D eigenvalue weighted by Gasteiger charge is -2.30. The van der Waals surface area contributed by atoms with Gasteiger partial charge in [0.25, 0.3) is 5.91 Å². The Morgan fingerprint density at radius 1 is 1.33 bits per heavy atom. The molecule has 1 amide bonds. The van der Waals surface area contributed by atoms with Gasteiger partial charge in [0.05, 0.1) is 11.8 Å². The molecule has 2 aromatic rings. The molecule has 0 saturated carbocycles. The number of halogens is 2. The quantitative estimate of drug-likeness (QED) is 0.897. The van der Waals surface area contributed by atoms with Crippen LogP contribution in [0.1, 0.15) is 32.8 Å². The number of carboxylic acids is 1. The van der Waals surface area contributed by atoms with Gasteiger partial charge in [0.2, 0.25) is 0 Å². The van der Waals surface area contributed by atoms with Gasteiger partial charge < -0.3 is 14.4 Å². The van der Waals surface area contributed by atoms with Crippen LogP contribution in [-0.4, -0.2) is 28.4 Å². The van der Waals surface area contributed by atoms with Crippen LogP contribution in [0, 0.1) is 6.92 Å². The summed E-state index contributed by atoms with van der Waals surface area (Å²) < 4.78 is 5.26. The molecule has 1 aromatic heterocycles. The number of aliphatic carboxylic acids is 1. The summed E-state index contributed by atoms with van der Waals surface area (Å²) in [5.41, 5.74) is 2.86. The van der Waals surface area contributed by atoms with E-state index in [0.29, 0.717) is 40.7 Å². The number of rotatable bonds is 3. The van der Waals surface area contributed by atoms with Gasteiger partial charge in [-0.25, -0.2) is 0 Å². The highest BCUT2D eigenvalue weighted by Crippen LogP contribution is 2.31. The smallest absolute Gasteiger partial charge is 0.311 e. The Kier molecular flexibility index (Phi) is 4.56. The molecule has 0 spiro atoms. The van der Waals surface area contributed by atoms with Crippen molar-refractivity contribution in [3.8, 4) is 0 Å². The zero-order valence-corrected chi connectivity index (χ0v) is 14.4. The van der Waals surface area contributed by atoms with Gasteiger partial charge in [-0.15, -0.1) is 0 Å². The fourth-order valence-electron chi connectivity index (χ4n) is 2.97. The van der Waals surface area contributed by atoms with E-state index in [1.54, 1.807) is 17.9 Å². The van der Waals surface area contributed by atoms with Crippen LogP contribution in [0.2, 0.25) is 10.0 Å². The van der Waals surface area contributed by atoms with E-state index in [1.165, 1.54) is 6.26 Å². The molecule has 1 aromatic carbocycles. The first-order valence-corrected chi connectivity index (χ1v) is 8.17. The third-order valence-electron chi connectivity index (χ3n) is 4.12. The molecule has 0 fully saturated rings.